The Labute approximate surface area is 248 Å². The van der Waals surface area contributed by atoms with Crippen LogP contribution in [0.5, 0.6) is 0 Å². The Morgan fingerprint density at radius 2 is 1.93 bits per heavy atom. The van der Waals surface area contributed by atoms with Crippen molar-refractivity contribution in [1.29, 1.82) is 0 Å². The molecule has 3 N–H and O–H groups in total. The second-order valence-corrected chi connectivity index (χ2v) is 12.4. The van der Waals surface area contributed by atoms with Crippen molar-refractivity contribution in [2.45, 2.75) is 62.9 Å². The maximum atomic E-state index is 13.2. The van der Waals surface area contributed by atoms with E-state index in [1.165, 1.54) is 19.3 Å². The number of aromatic nitrogens is 2. The van der Waals surface area contributed by atoms with Gasteiger partial charge in [-0.3, -0.25) is 14.6 Å². The number of fused-ring (bicyclic) bond motifs is 1. The normalized spacial score (nSPS) is 13.7. The van der Waals surface area contributed by atoms with Gasteiger partial charge in [0.1, 0.15) is 6.26 Å². The van der Waals surface area contributed by atoms with Crippen molar-refractivity contribution in [2.75, 3.05) is 29.3 Å². The fraction of sp³-hybridized carbons (Fsp3) is 0.375. The molecular formula is C32H39N5O4S. The molecule has 2 aromatic heterocycles. The summed E-state index contributed by atoms with van der Waals surface area (Å²) in [6.07, 6.45) is 11.6. The number of hydrogen-bond donors (Lipinski definition) is 3. The quantitative estimate of drug-likeness (QED) is 0.154. The lowest BCUT2D eigenvalue weighted by Crippen LogP contribution is -2.23. The molecule has 0 saturated heterocycles. The summed E-state index contributed by atoms with van der Waals surface area (Å²) in [5.41, 5.74) is 5.19. The first kappa shape index (κ1) is 29.8. The Balaban J connectivity index is 1.13. The van der Waals surface area contributed by atoms with Crippen molar-refractivity contribution in [1.82, 2.24) is 15.3 Å². The minimum Gasteiger partial charge on any atom is -0.432 e. The zero-order valence-corrected chi connectivity index (χ0v) is 24.8. The Bertz CT molecular complexity index is 1540. The summed E-state index contributed by atoms with van der Waals surface area (Å²) in [7, 11) is -3.75. The van der Waals surface area contributed by atoms with Crippen LogP contribution in [-0.2, 0) is 29.3 Å². The summed E-state index contributed by atoms with van der Waals surface area (Å²) in [5.74, 6) is 0. The van der Waals surface area contributed by atoms with Crippen molar-refractivity contribution in [3.05, 3.63) is 95.6 Å². The van der Waals surface area contributed by atoms with Crippen molar-refractivity contribution in [2.24, 2.45) is 0 Å². The first-order valence-corrected chi connectivity index (χ1v) is 16.2. The van der Waals surface area contributed by atoms with Crippen LogP contribution in [0.2, 0.25) is 0 Å². The van der Waals surface area contributed by atoms with Crippen LogP contribution in [0.4, 0.5) is 17.4 Å². The molecule has 0 bridgehead atoms. The van der Waals surface area contributed by atoms with E-state index in [0.29, 0.717) is 31.3 Å². The smallest absolute Gasteiger partial charge is 0.302 e. The number of rotatable bonds is 15. The molecule has 222 valence electrons. The first-order valence-electron chi connectivity index (χ1n) is 14.7. The molecule has 0 spiro atoms. The molecule has 1 atom stereocenters. The number of nitrogens with zero attached hydrogens (tertiary/aromatic N) is 3. The Morgan fingerprint density at radius 1 is 1.07 bits per heavy atom. The van der Waals surface area contributed by atoms with Crippen LogP contribution in [0, 0.1) is 0 Å². The van der Waals surface area contributed by atoms with Gasteiger partial charge in [-0.05, 0) is 79.8 Å². The number of oxazole rings is 1. The number of unbranched alkanes of at least 4 members (excludes halogenated alkanes) is 3. The predicted molar refractivity (Wildman–Crippen MR) is 165 cm³/mol. The van der Waals surface area contributed by atoms with E-state index >= 15 is 0 Å². The van der Waals surface area contributed by atoms with Crippen LogP contribution in [0.15, 0.2) is 82.6 Å². The molecule has 3 heterocycles. The molecule has 1 unspecified atom stereocenters. The van der Waals surface area contributed by atoms with Gasteiger partial charge in [-0.2, -0.15) is 4.98 Å². The molecule has 0 aliphatic carbocycles. The number of anilines is 3. The van der Waals surface area contributed by atoms with Gasteiger partial charge in [-0.15, -0.1) is 0 Å². The third-order valence-electron chi connectivity index (χ3n) is 7.52. The van der Waals surface area contributed by atoms with E-state index in [-0.39, 0.29) is 4.90 Å². The van der Waals surface area contributed by atoms with Crippen molar-refractivity contribution >= 4 is 27.4 Å². The summed E-state index contributed by atoms with van der Waals surface area (Å²) >= 11 is 0. The molecular weight excluding hydrogens is 550 g/mol. The molecule has 1 aliphatic heterocycles. The largest absolute Gasteiger partial charge is 0.432 e. The number of pyridine rings is 1. The molecule has 5 rings (SSSR count). The summed E-state index contributed by atoms with van der Waals surface area (Å²) in [6, 6.07) is 16.8. The number of aliphatic hydroxyl groups is 1. The topological polar surface area (TPSA) is 121 Å². The first-order chi connectivity index (χ1) is 20.4. The van der Waals surface area contributed by atoms with Gasteiger partial charge in [-0.25, -0.2) is 8.42 Å². The number of hydrogen-bond acceptors (Lipinski definition) is 8. The molecule has 0 radical (unpaired) electrons. The third-order valence-corrected chi connectivity index (χ3v) is 8.90. The average Bonchev–Trinajstić information content (AvgIpc) is 3.65. The Morgan fingerprint density at radius 3 is 2.71 bits per heavy atom. The number of nitrogens with one attached hydrogen (secondary N) is 2. The van der Waals surface area contributed by atoms with Crippen molar-refractivity contribution in [3.8, 4) is 0 Å². The zero-order valence-electron chi connectivity index (χ0n) is 24.0. The lowest BCUT2D eigenvalue weighted by Gasteiger charge is -2.15. The molecule has 42 heavy (non-hydrogen) atoms. The van der Waals surface area contributed by atoms with Gasteiger partial charge in [0.25, 0.3) is 10.0 Å². The van der Waals surface area contributed by atoms with Crippen LogP contribution >= 0.6 is 0 Å². The van der Waals surface area contributed by atoms with Crippen molar-refractivity contribution < 1.29 is 17.9 Å². The fourth-order valence-corrected chi connectivity index (χ4v) is 6.24. The van der Waals surface area contributed by atoms with Crippen LogP contribution in [0.3, 0.4) is 0 Å². The molecule has 0 saturated carbocycles. The second-order valence-electron chi connectivity index (χ2n) is 10.7. The van der Waals surface area contributed by atoms with Gasteiger partial charge in [0.05, 0.1) is 16.7 Å². The van der Waals surface area contributed by atoms with E-state index in [1.807, 2.05) is 29.2 Å². The maximum Gasteiger partial charge on any atom is 0.302 e. The summed E-state index contributed by atoms with van der Waals surface area (Å²) in [5, 5.41) is 13.5. The minimum atomic E-state index is -3.75. The highest BCUT2D eigenvalue weighted by Gasteiger charge is 2.26. The second kappa shape index (κ2) is 14.0. The van der Waals surface area contributed by atoms with E-state index in [9.17, 15) is 13.5 Å². The molecule has 9 nitrogen and oxygen atoms in total. The number of sulfonamides is 1. The summed E-state index contributed by atoms with van der Waals surface area (Å²) in [6.45, 7) is 4.01. The van der Waals surface area contributed by atoms with E-state index in [0.717, 1.165) is 53.8 Å². The maximum absolute atomic E-state index is 13.2. The highest BCUT2D eigenvalue weighted by Crippen LogP contribution is 2.35. The highest BCUT2D eigenvalue weighted by atomic mass is 32.2. The van der Waals surface area contributed by atoms with E-state index in [1.54, 1.807) is 49.0 Å². The van der Waals surface area contributed by atoms with Crippen molar-refractivity contribution in [3.63, 3.8) is 0 Å². The number of benzene rings is 2. The minimum absolute atomic E-state index is 0.229. The molecule has 10 heteroatoms. The van der Waals surface area contributed by atoms with E-state index in [2.05, 4.69) is 26.9 Å². The van der Waals surface area contributed by atoms with Crippen LogP contribution in [-0.4, -0.2) is 43.1 Å². The Kier molecular flexibility index (Phi) is 9.89. The van der Waals surface area contributed by atoms with Crippen LogP contribution in [0.1, 0.15) is 61.1 Å². The van der Waals surface area contributed by atoms with Gasteiger partial charge < -0.3 is 14.8 Å². The van der Waals surface area contributed by atoms with E-state index in [4.69, 9.17) is 4.42 Å². The van der Waals surface area contributed by atoms with Gasteiger partial charge >= 0.3 is 6.01 Å². The van der Waals surface area contributed by atoms with Gasteiger partial charge in [0.15, 0.2) is 0 Å². The molecule has 0 amide bonds. The molecule has 0 fully saturated rings. The highest BCUT2D eigenvalue weighted by molar-refractivity contribution is 7.92. The summed E-state index contributed by atoms with van der Waals surface area (Å²) < 4.78 is 34.8. The Hall–Kier alpha value is -3.73. The lowest BCUT2D eigenvalue weighted by molar-refractivity contribution is 0.174. The predicted octanol–water partition coefficient (Wildman–Crippen LogP) is 5.55. The van der Waals surface area contributed by atoms with Gasteiger partial charge in [0, 0.05) is 42.4 Å². The fourth-order valence-electron chi connectivity index (χ4n) is 5.13. The standard InChI is InChI=1S/C32H39N5O4S/c1-2-3-4-5-8-28-23-41-32(35-28)37-19-16-25-20-29(13-14-30(25)37)42(39,40)36-27-11-9-24(10-12-27)15-18-34-22-31(38)26-7-6-17-33-21-26/h6-7,9-14,17,20-21,23,31,34,36,38H,2-5,8,15-16,18-19,22H2,1H3. The molecule has 1 aliphatic rings. The molecule has 4 aromatic rings. The van der Waals surface area contributed by atoms with Crippen LogP contribution < -0.4 is 14.9 Å². The zero-order chi connectivity index (χ0) is 29.4. The van der Waals surface area contributed by atoms with Gasteiger partial charge in [-0.1, -0.05) is 44.4 Å². The number of aliphatic hydroxyl groups excluding tert-OH is 1. The van der Waals surface area contributed by atoms with Gasteiger partial charge in [0.2, 0.25) is 0 Å². The molecule has 2 aromatic carbocycles. The summed E-state index contributed by atoms with van der Waals surface area (Å²) in [4.78, 5) is 11.0. The monoisotopic (exact) mass is 589 g/mol. The van der Waals surface area contributed by atoms with E-state index < -0.39 is 16.1 Å². The lowest BCUT2D eigenvalue weighted by atomic mass is 10.1. The third kappa shape index (κ3) is 7.56. The SMILES string of the molecule is CCCCCCc1coc(N2CCc3cc(S(=O)(=O)Nc4ccc(CCNCC(O)c5cccnc5)cc4)ccc32)n1. The average molecular weight is 590 g/mol. The van der Waals surface area contributed by atoms with Crippen LogP contribution in [0.25, 0.3) is 0 Å². The number of aryl methyl sites for hydroxylation is 1.